The molecule has 1 heterocycles. The number of fused-ring (bicyclic) bond motifs is 3. The quantitative estimate of drug-likeness (QED) is 0.167. The van der Waals surface area contributed by atoms with Gasteiger partial charge in [0.25, 0.3) is 0 Å². The Kier molecular flexibility index (Phi) is 5.27. The van der Waals surface area contributed by atoms with Crippen LogP contribution in [0.1, 0.15) is 13.7 Å². The maximum atomic E-state index is 8.88. The Morgan fingerprint density at radius 3 is 1.54 bits per heavy atom. The van der Waals surface area contributed by atoms with Crippen molar-refractivity contribution in [3.63, 3.8) is 0 Å². The number of rotatable bonds is 7. The summed E-state index contributed by atoms with van der Waals surface area (Å²) < 4.78 is 87.8. The first-order valence-electron chi connectivity index (χ1n) is 21.3. The van der Waals surface area contributed by atoms with Crippen LogP contribution in [0.2, 0.25) is 0 Å². The Morgan fingerprint density at radius 1 is 0.360 bits per heavy atom. The third-order valence-corrected chi connectivity index (χ3v) is 8.89. The fraction of sp³-hybridized carbons (Fsp3) is 0. The number of nitrogens with zero attached hydrogens (tertiary/aromatic N) is 2. The van der Waals surface area contributed by atoms with Gasteiger partial charge >= 0.3 is 0 Å². The van der Waals surface area contributed by atoms with E-state index in [-0.39, 0.29) is 22.3 Å². The molecule has 9 rings (SSSR count). The first kappa shape index (κ1) is 20.7. The third-order valence-electron chi connectivity index (χ3n) is 8.89. The summed E-state index contributed by atoms with van der Waals surface area (Å²) >= 11 is 0. The molecule has 0 fully saturated rings. The number of benzene rings is 8. The van der Waals surface area contributed by atoms with Crippen molar-refractivity contribution in [2.75, 3.05) is 4.90 Å². The average Bonchev–Trinajstić information content (AvgIpc) is 3.61. The molecule has 236 valence electrons. The number of para-hydroxylation sites is 3. The van der Waals surface area contributed by atoms with Crippen molar-refractivity contribution in [1.29, 1.82) is 0 Å². The average molecular weight is 649 g/mol. The third kappa shape index (κ3) is 5.43. The minimum absolute atomic E-state index is 0.0730. The molecule has 0 saturated carbocycles. The van der Waals surface area contributed by atoms with Gasteiger partial charge in [0.15, 0.2) is 0 Å². The van der Waals surface area contributed by atoms with Gasteiger partial charge < -0.3 is 9.47 Å². The van der Waals surface area contributed by atoms with E-state index in [4.69, 9.17) is 13.7 Å². The molecule has 0 spiro atoms. The molecule has 0 saturated heterocycles. The van der Waals surface area contributed by atoms with Gasteiger partial charge in [-0.25, -0.2) is 0 Å². The first-order chi connectivity index (χ1) is 28.9. The Bertz CT molecular complexity index is 2980. The lowest BCUT2D eigenvalue weighted by Gasteiger charge is -2.26. The van der Waals surface area contributed by atoms with Crippen molar-refractivity contribution in [3.8, 4) is 39.1 Å². The van der Waals surface area contributed by atoms with Crippen LogP contribution in [-0.2, 0) is 0 Å². The highest BCUT2D eigenvalue weighted by atomic mass is 15.1. The summed E-state index contributed by atoms with van der Waals surface area (Å²) in [6, 6.07) is 42.9. The molecule has 0 atom stereocenters. The van der Waals surface area contributed by atoms with Crippen LogP contribution in [0.3, 0.4) is 0 Å². The second-order valence-electron chi connectivity index (χ2n) is 11.9. The van der Waals surface area contributed by atoms with Crippen LogP contribution in [-0.4, -0.2) is 4.57 Å². The number of anilines is 3. The minimum atomic E-state index is -0.537. The van der Waals surface area contributed by atoms with Gasteiger partial charge in [-0.2, -0.15) is 0 Å². The molecule has 8 aromatic carbocycles. The van der Waals surface area contributed by atoms with Gasteiger partial charge in [0.1, 0.15) is 0 Å². The van der Waals surface area contributed by atoms with Gasteiger partial charge in [-0.3, -0.25) is 0 Å². The summed E-state index contributed by atoms with van der Waals surface area (Å²) in [5.41, 5.74) is 7.25. The van der Waals surface area contributed by atoms with Crippen LogP contribution >= 0.6 is 0 Å². The summed E-state index contributed by atoms with van der Waals surface area (Å²) in [7, 11) is 0. The van der Waals surface area contributed by atoms with Gasteiger partial charge in [-0.1, -0.05) is 139 Å². The predicted octanol–water partition coefficient (Wildman–Crippen LogP) is 13.3. The fourth-order valence-electron chi connectivity index (χ4n) is 6.67. The van der Waals surface area contributed by atoms with E-state index in [1.807, 2.05) is 71.3 Å². The van der Waals surface area contributed by atoms with E-state index in [0.717, 1.165) is 50.0 Å². The van der Waals surface area contributed by atoms with E-state index in [1.54, 1.807) is 12.1 Å². The molecule has 0 aliphatic carbocycles. The van der Waals surface area contributed by atoms with Crippen LogP contribution in [0.4, 0.5) is 17.1 Å². The van der Waals surface area contributed by atoms with Crippen LogP contribution < -0.4 is 4.90 Å². The van der Waals surface area contributed by atoms with E-state index in [0.29, 0.717) is 5.69 Å². The van der Waals surface area contributed by atoms with Crippen LogP contribution in [0, 0.1) is 0 Å². The maximum absolute atomic E-state index is 8.88. The van der Waals surface area contributed by atoms with Crippen molar-refractivity contribution < 1.29 is 13.7 Å². The molecular weight excluding hydrogens is 605 g/mol. The fourth-order valence-corrected chi connectivity index (χ4v) is 6.67. The zero-order valence-corrected chi connectivity index (χ0v) is 26.8. The summed E-state index contributed by atoms with van der Waals surface area (Å²) in [6.07, 6.45) is 0. The normalized spacial score (nSPS) is 14.0. The van der Waals surface area contributed by atoms with E-state index in [2.05, 4.69) is 65.6 Å². The molecule has 0 bridgehead atoms. The second-order valence-corrected chi connectivity index (χ2v) is 11.9. The lowest BCUT2D eigenvalue weighted by molar-refractivity contribution is 1.18. The SMILES string of the molecule is [2H]c1c([2H])c([2H])c(-c2cc(-c3c([2H])c([2H])c([2H])c([2H])c3[2H])cc(-n3c4ccccc4c4ccc(-c5cccc(N(c6ccccc6)c6ccccc6)c5)cc43)c2)c([2H])c1[2H]. The molecule has 0 N–H and O–H groups in total. The summed E-state index contributed by atoms with van der Waals surface area (Å²) in [6.45, 7) is 0. The lowest BCUT2D eigenvalue weighted by Crippen LogP contribution is -2.09. The van der Waals surface area contributed by atoms with Crippen molar-refractivity contribution in [2.45, 2.75) is 0 Å². The predicted molar refractivity (Wildman–Crippen MR) is 212 cm³/mol. The monoisotopic (exact) mass is 648 g/mol. The van der Waals surface area contributed by atoms with E-state index in [1.165, 1.54) is 6.07 Å². The van der Waals surface area contributed by atoms with Crippen molar-refractivity contribution in [1.82, 2.24) is 4.57 Å². The largest absolute Gasteiger partial charge is 0.310 e. The molecule has 2 heteroatoms. The van der Waals surface area contributed by atoms with Crippen molar-refractivity contribution >= 4 is 38.9 Å². The van der Waals surface area contributed by atoms with Crippen LogP contribution in [0.5, 0.6) is 0 Å². The van der Waals surface area contributed by atoms with E-state index >= 15 is 0 Å². The molecule has 0 radical (unpaired) electrons. The molecule has 0 amide bonds. The van der Waals surface area contributed by atoms with Gasteiger partial charge in [-0.15, -0.1) is 0 Å². The van der Waals surface area contributed by atoms with E-state index < -0.39 is 60.4 Å². The van der Waals surface area contributed by atoms with Crippen molar-refractivity contribution in [3.05, 3.63) is 206 Å². The Balaban J connectivity index is 1.31. The molecular formula is C48H34N2. The highest BCUT2D eigenvalue weighted by molar-refractivity contribution is 6.10. The Hall–Kier alpha value is -6.64. The number of hydrogen-bond donors (Lipinski definition) is 0. The van der Waals surface area contributed by atoms with Gasteiger partial charge in [0.05, 0.1) is 24.7 Å². The Morgan fingerprint density at radius 2 is 0.900 bits per heavy atom. The molecule has 0 aliphatic heterocycles. The van der Waals surface area contributed by atoms with Crippen molar-refractivity contribution in [2.24, 2.45) is 0 Å². The van der Waals surface area contributed by atoms with E-state index in [9.17, 15) is 0 Å². The minimum Gasteiger partial charge on any atom is -0.310 e. The summed E-state index contributed by atoms with van der Waals surface area (Å²) in [5, 5.41) is 1.86. The van der Waals surface area contributed by atoms with Gasteiger partial charge in [-0.05, 0) is 100 Å². The molecule has 0 aliphatic rings. The van der Waals surface area contributed by atoms with Gasteiger partial charge in [0.2, 0.25) is 0 Å². The lowest BCUT2D eigenvalue weighted by atomic mass is 9.98. The zero-order chi connectivity index (χ0) is 42.0. The maximum Gasteiger partial charge on any atom is 0.0629 e. The second kappa shape index (κ2) is 12.8. The first-order valence-corrected chi connectivity index (χ1v) is 16.3. The molecule has 1 aromatic heterocycles. The van der Waals surface area contributed by atoms with Crippen LogP contribution in [0.15, 0.2) is 206 Å². The number of aromatic nitrogens is 1. The number of hydrogen-bond acceptors (Lipinski definition) is 1. The molecule has 9 aromatic rings. The molecule has 0 unspecified atom stereocenters. The topological polar surface area (TPSA) is 8.17 Å². The smallest absolute Gasteiger partial charge is 0.0629 e. The Labute approximate surface area is 306 Å². The van der Waals surface area contributed by atoms with Crippen LogP contribution in [0.25, 0.3) is 60.9 Å². The molecule has 50 heavy (non-hydrogen) atoms. The highest BCUT2D eigenvalue weighted by Gasteiger charge is 2.17. The van der Waals surface area contributed by atoms with Gasteiger partial charge in [0, 0.05) is 33.5 Å². The standard InChI is InChI=1S/C48H34N2/c1-5-16-35(17-6-1)39-30-40(36-18-7-2-8-19-36)33-44(32-39)50-47-27-14-13-26-45(47)46-29-28-38(34-48(46)50)37-20-15-25-43(31-37)49(41-21-9-3-10-22-41)42-23-11-4-12-24-42/h1-34H/i1D,2D,5D,6D,7D,8D,16D,17D,18D,19D. The highest BCUT2D eigenvalue weighted by Crippen LogP contribution is 2.40. The summed E-state index contributed by atoms with van der Waals surface area (Å²) in [4.78, 5) is 2.20. The summed E-state index contributed by atoms with van der Waals surface area (Å²) in [5.74, 6) is 0. The zero-order valence-electron chi connectivity index (χ0n) is 36.8. The molecule has 2 nitrogen and oxygen atoms in total.